The Morgan fingerprint density at radius 2 is 1.56 bits per heavy atom. The molecular formula is C25H29N3O3S. The third kappa shape index (κ3) is 5.96. The van der Waals surface area contributed by atoms with Crippen molar-refractivity contribution in [2.45, 2.75) is 24.8 Å². The molecule has 0 saturated heterocycles. The highest BCUT2D eigenvalue weighted by Gasteiger charge is 2.19. The van der Waals surface area contributed by atoms with Crippen LogP contribution in [0.25, 0.3) is 0 Å². The normalized spacial score (nSPS) is 12.4. The maximum absolute atomic E-state index is 12.8. The molecule has 0 aliphatic heterocycles. The first kappa shape index (κ1) is 23.5. The predicted molar refractivity (Wildman–Crippen MR) is 128 cm³/mol. The molecule has 3 rings (SSSR count). The molecule has 1 atom stereocenters. The first-order valence-electron chi connectivity index (χ1n) is 10.4. The van der Waals surface area contributed by atoms with Crippen molar-refractivity contribution in [3.05, 3.63) is 95.1 Å². The van der Waals surface area contributed by atoms with Gasteiger partial charge in [-0.25, -0.2) is 8.42 Å². The first-order valence-corrected chi connectivity index (χ1v) is 11.8. The number of aryl methyl sites for hydroxylation is 2. The van der Waals surface area contributed by atoms with Gasteiger partial charge in [-0.2, -0.15) is 0 Å². The van der Waals surface area contributed by atoms with Gasteiger partial charge in [-0.15, -0.1) is 0 Å². The molecule has 0 saturated carbocycles. The number of hydrogen-bond acceptors (Lipinski definition) is 4. The predicted octanol–water partition coefficient (Wildman–Crippen LogP) is 4.14. The topological polar surface area (TPSA) is 78.5 Å². The zero-order valence-corrected chi connectivity index (χ0v) is 19.6. The van der Waals surface area contributed by atoms with Crippen LogP contribution in [-0.4, -0.2) is 39.9 Å². The second-order valence-electron chi connectivity index (χ2n) is 8.13. The lowest BCUT2D eigenvalue weighted by molar-refractivity contribution is 0.0930. The van der Waals surface area contributed by atoms with E-state index >= 15 is 0 Å². The van der Waals surface area contributed by atoms with Crippen LogP contribution in [-0.2, 0) is 10.0 Å². The summed E-state index contributed by atoms with van der Waals surface area (Å²) in [6.07, 6.45) is 0. The number of benzene rings is 3. The summed E-state index contributed by atoms with van der Waals surface area (Å²) in [5.41, 5.74) is 4.00. The third-order valence-corrected chi connectivity index (χ3v) is 6.64. The molecule has 3 aromatic rings. The Morgan fingerprint density at radius 3 is 2.16 bits per heavy atom. The molecule has 7 heteroatoms. The van der Waals surface area contributed by atoms with Gasteiger partial charge in [0.05, 0.1) is 10.9 Å². The molecule has 1 unspecified atom stereocenters. The van der Waals surface area contributed by atoms with Crippen molar-refractivity contribution in [1.82, 2.24) is 10.2 Å². The van der Waals surface area contributed by atoms with Crippen molar-refractivity contribution < 1.29 is 13.2 Å². The van der Waals surface area contributed by atoms with Crippen LogP contribution in [0.2, 0.25) is 0 Å². The lowest BCUT2D eigenvalue weighted by Crippen LogP contribution is -2.35. The van der Waals surface area contributed by atoms with E-state index in [1.54, 1.807) is 12.1 Å². The summed E-state index contributed by atoms with van der Waals surface area (Å²) in [5, 5.41) is 3.04. The molecule has 0 spiro atoms. The molecule has 0 radical (unpaired) electrons. The van der Waals surface area contributed by atoms with Crippen LogP contribution in [0.15, 0.2) is 77.7 Å². The van der Waals surface area contributed by atoms with Gasteiger partial charge in [0.15, 0.2) is 0 Å². The highest BCUT2D eigenvalue weighted by atomic mass is 32.2. The van der Waals surface area contributed by atoms with Gasteiger partial charge in [0.2, 0.25) is 0 Å². The van der Waals surface area contributed by atoms with E-state index in [-0.39, 0.29) is 16.8 Å². The summed E-state index contributed by atoms with van der Waals surface area (Å²) in [7, 11) is 0.142. The number of rotatable bonds is 8. The second-order valence-corrected chi connectivity index (χ2v) is 9.81. The molecule has 0 aliphatic carbocycles. The Kier molecular flexibility index (Phi) is 7.33. The second kappa shape index (κ2) is 9.97. The summed E-state index contributed by atoms with van der Waals surface area (Å²) in [6.45, 7) is 4.54. The maximum Gasteiger partial charge on any atom is 0.261 e. The summed E-state index contributed by atoms with van der Waals surface area (Å²) >= 11 is 0. The van der Waals surface area contributed by atoms with E-state index in [1.807, 2.05) is 69.2 Å². The van der Waals surface area contributed by atoms with Gasteiger partial charge in [-0.1, -0.05) is 36.4 Å². The van der Waals surface area contributed by atoms with E-state index in [1.165, 1.54) is 24.3 Å². The fourth-order valence-corrected chi connectivity index (χ4v) is 4.38. The number of carbonyl (C=O) groups excluding carboxylic acids is 1. The minimum atomic E-state index is -3.76. The summed E-state index contributed by atoms with van der Waals surface area (Å²) in [6, 6.07) is 20.9. The first-order chi connectivity index (χ1) is 15.2. The minimum Gasteiger partial charge on any atom is -0.344 e. The molecular weight excluding hydrogens is 422 g/mol. The van der Waals surface area contributed by atoms with Crippen LogP contribution in [0, 0.1) is 13.8 Å². The highest BCUT2D eigenvalue weighted by Crippen LogP contribution is 2.20. The monoisotopic (exact) mass is 451 g/mol. The van der Waals surface area contributed by atoms with Crippen LogP contribution >= 0.6 is 0 Å². The summed E-state index contributed by atoms with van der Waals surface area (Å²) in [5.74, 6) is -0.258. The number of nitrogens with one attached hydrogen (secondary N) is 2. The van der Waals surface area contributed by atoms with Gasteiger partial charge in [-0.3, -0.25) is 9.52 Å². The molecule has 168 valence electrons. The van der Waals surface area contributed by atoms with Crippen LogP contribution in [0.5, 0.6) is 0 Å². The summed E-state index contributed by atoms with van der Waals surface area (Å²) < 4.78 is 28.1. The van der Waals surface area contributed by atoms with Gasteiger partial charge in [0.1, 0.15) is 0 Å². The fraction of sp³-hybridized carbons (Fsp3) is 0.240. The van der Waals surface area contributed by atoms with E-state index in [0.717, 1.165) is 16.7 Å². The van der Waals surface area contributed by atoms with Crippen molar-refractivity contribution in [3.63, 3.8) is 0 Å². The maximum atomic E-state index is 12.8. The van der Waals surface area contributed by atoms with Crippen molar-refractivity contribution in [2.75, 3.05) is 25.4 Å². The number of sulfonamides is 1. The van der Waals surface area contributed by atoms with Crippen LogP contribution < -0.4 is 10.0 Å². The molecule has 1 amide bonds. The zero-order chi connectivity index (χ0) is 23.3. The van der Waals surface area contributed by atoms with Gasteiger partial charge >= 0.3 is 0 Å². The Hall–Kier alpha value is -3.16. The number of carbonyl (C=O) groups is 1. The minimum absolute atomic E-state index is 0.0974. The zero-order valence-electron chi connectivity index (χ0n) is 18.8. The number of anilines is 1. The van der Waals surface area contributed by atoms with E-state index in [2.05, 4.69) is 10.0 Å². The molecule has 32 heavy (non-hydrogen) atoms. The lowest BCUT2D eigenvalue weighted by atomic mass is 10.1. The number of hydrogen-bond donors (Lipinski definition) is 2. The molecule has 0 fully saturated rings. The Morgan fingerprint density at radius 1 is 0.906 bits per heavy atom. The quantitative estimate of drug-likeness (QED) is 0.540. The molecule has 3 aromatic carbocycles. The van der Waals surface area contributed by atoms with Gasteiger partial charge in [-0.05, 0) is 81.0 Å². The van der Waals surface area contributed by atoms with Gasteiger partial charge < -0.3 is 10.2 Å². The molecule has 0 aliphatic rings. The number of nitrogens with zero attached hydrogens (tertiary/aromatic N) is 1. The lowest BCUT2D eigenvalue weighted by Gasteiger charge is -2.23. The number of amides is 1. The Balaban J connectivity index is 1.74. The van der Waals surface area contributed by atoms with E-state index in [9.17, 15) is 13.2 Å². The van der Waals surface area contributed by atoms with Crippen molar-refractivity contribution in [1.29, 1.82) is 0 Å². The smallest absolute Gasteiger partial charge is 0.261 e. The van der Waals surface area contributed by atoms with Crippen molar-refractivity contribution in [2.24, 2.45) is 0 Å². The molecule has 0 bridgehead atoms. The SMILES string of the molecule is Cc1ccc(NS(=O)(=O)c2ccc(C(=O)NC(CN(C)C)c3ccccc3)cc2)cc1C. The van der Waals surface area contributed by atoms with Crippen LogP contribution in [0.4, 0.5) is 5.69 Å². The average molecular weight is 452 g/mol. The standard InChI is InChI=1S/C25H29N3O3S/c1-18-10-13-22(16-19(18)2)27-32(30,31)23-14-11-21(12-15-23)25(29)26-24(17-28(3)4)20-8-6-5-7-9-20/h5-16,24,27H,17H2,1-4H3,(H,26,29). The Labute approximate surface area is 190 Å². The third-order valence-electron chi connectivity index (χ3n) is 5.24. The van der Waals surface area contributed by atoms with E-state index < -0.39 is 10.0 Å². The number of likely N-dealkylation sites (N-methyl/N-ethyl adjacent to an activating group) is 1. The van der Waals surface area contributed by atoms with Gasteiger partial charge in [0, 0.05) is 17.8 Å². The van der Waals surface area contributed by atoms with Crippen molar-refractivity contribution in [3.8, 4) is 0 Å². The van der Waals surface area contributed by atoms with Crippen LogP contribution in [0.1, 0.15) is 33.1 Å². The molecule has 0 heterocycles. The van der Waals surface area contributed by atoms with Gasteiger partial charge in [0.25, 0.3) is 15.9 Å². The molecule has 6 nitrogen and oxygen atoms in total. The molecule has 2 N–H and O–H groups in total. The van der Waals surface area contributed by atoms with E-state index in [0.29, 0.717) is 17.8 Å². The highest BCUT2D eigenvalue weighted by molar-refractivity contribution is 7.92. The van der Waals surface area contributed by atoms with E-state index in [4.69, 9.17) is 0 Å². The summed E-state index contributed by atoms with van der Waals surface area (Å²) in [4.78, 5) is 14.9. The molecule has 0 aromatic heterocycles. The Bertz CT molecular complexity index is 1170. The fourth-order valence-electron chi connectivity index (χ4n) is 3.33. The average Bonchev–Trinajstić information content (AvgIpc) is 2.76. The largest absolute Gasteiger partial charge is 0.344 e. The van der Waals surface area contributed by atoms with Crippen LogP contribution in [0.3, 0.4) is 0 Å². The van der Waals surface area contributed by atoms with Crippen molar-refractivity contribution >= 4 is 21.6 Å².